The molecule has 7 heteroatoms. The monoisotopic (exact) mass is 552 g/mol. The van der Waals surface area contributed by atoms with Gasteiger partial charge in [0.1, 0.15) is 23.9 Å². The number of benzene rings is 4. The van der Waals surface area contributed by atoms with Gasteiger partial charge in [-0.05, 0) is 90.7 Å². The number of aromatic nitrogens is 2. The summed E-state index contributed by atoms with van der Waals surface area (Å²) in [6.45, 7) is 0.282. The van der Waals surface area contributed by atoms with Crippen molar-refractivity contribution in [1.82, 2.24) is 9.55 Å². The first-order chi connectivity index (χ1) is 19.5. The Labute approximate surface area is 237 Å². The van der Waals surface area contributed by atoms with Crippen molar-refractivity contribution in [2.24, 2.45) is 0 Å². The van der Waals surface area contributed by atoms with Gasteiger partial charge in [-0.25, -0.2) is 9.78 Å². The van der Waals surface area contributed by atoms with Crippen LogP contribution in [0.3, 0.4) is 0 Å². The van der Waals surface area contributed by atoms with Gasteiger partial charge in [-0.15, -0.1) is 0 Å². The van der Waals surface area contributed by atoms with E-state index in [2.05, 4.69) is 4.57 Å². The molecule has 0 saturated heterocycles. The lowest BCUT2D eigenvalue weighted by Crippen LogP contribution is -2.14. The molecule has 1 aliphatic rings. The van der Waals surface area contributed by atoms with E-state index in [0.717, 1.165) is 46.4 Å². The summed E-state index contributed by atoms with van der Waals surface area (Å²) in [6.07, 6.45) is 5.76. The van der Waals surface area contributed by atoms with E-state index in [1.807, 2.05) is 60.7 Å². The minimum absolute atomic E-state index is 0.180. The molecule has 1 aromatic heterocycles. The normalized spacial score (nSPS) is 13.9. The van der Waals surface area contributed by atoms with E-state index < -0.39 is 5.97 Å². The number of imidazole rings is 1. The number of carboxylic acid groups (broad SMARTS) is 1. The van der Waals surface area contributed by atoms with E-state index in [1.54, 1.807) is 24.3 Å². The molecule has 202 valence electrons. The number of carbonyl (C=O) groups is 1. The number of aromatic carboxylic acids is 1. The average molecular weight is 553 g/mol. The van der Waals surface area contributed by atoms with Crippen LogP contribution in [0.25, 0.3) is 33.5 Å². The minimum atomic E-state index is -0.955. The molecule has 0 atom stereocenters. The third-order valence-electron chi connectivity index (χ3n) is 7.63. The number of phenols is 1. The van der Waals surface area contributed by atoms with Crippen LogP contribution in [0.1, 0.15) is 54.1 Å². The summed E-state index contributed by atoms with van der Waals surface area (Å²) in [7, 11) is 0. The van der Waals surface area contributed by atoms with Crippen molar-refractivity contribution in [3.8, 4) is 34.0 Å². The van der Waals surface area contributed by atoms with Gasteiger partial charge in [-0.3, -0.25) is 0 Å². The largest absolute Gasteiger partial charge is 0.508 e. The molecule has 1 fully saturated rings. The summed E-state index contributed by atoms with van der Waals surface area (Å²) in [5, 5.41) is 20.3. The number of rotatable bonds is 7. The number of phenolic OH excluding ortho intramolecular Hbond substituents is 1. The predicted molar refractivity (Wildman–Crippen MR) is 157 cm³/mol. The summed E-state index contributed by atoms with van der Waals surface area (Å²) in [5.74, 6) is 0.763. The topological polar surface area (TPSA) is 84.6 Å². The Morgan fingerprint density at radius 2 is 1.62 bits per heavy atom. The number of ether oxygens (including phenoxy) is 1. The van der Waals surface area contributed by atoms with Crippen LogP contribution in [0.15, 0.2) is 84.9 Å². The van der Waals surface area contributed by atoms with Gasteiger partial charge in [0, 0.05) is 22.2 Å². The molecule has 0 aliphatic heterocycles. The quantitative estimate of drug-likeness (QED) is 0.211. The van der Waals surface area contributed by atoms with Crippen molar-refractivity contribution in [3.63, 3.8) is 0 Å². The Hall–Kier alpha value is -4.29. The highest BCUT2D eigenvalue weighted by atomic mass is 35.5. The van der Waals surface area contributed by atoms with Crippen LogP contribution in [0.2, 0.25) is 5.02 Å². The molecule has 0 spiro atoms. The molecule has 0 radical (unpaired) electrons. The minimum Gasteiger partial charge on any atom is -0.508 e. The molecule has 6 nitrogen and oxygen atoms in total. The number of nitrogens with zero attached hydrogens (tertiary/aromatic N) is 2. The van der Waals surface area contributed by atoms with E-state index in [4.69, 9.17) is 21.3 Å². The third-order valence-corrected chi connectivity index (χ3v) is 7.88. The van der Waals surface area contributed by atoms with Crippen LogP contribution >= 0.6 is 11.6 Å². The molecule has 0 bridgehead atoms. The molecule has 1 heterocycles. The van der Waals surface area contributed by atoms with E-state index in [-0.39, 0.29) is 17.9 Å². The lowest BCUT2D eigenvalue weighted by molar-refractivity contribution is 0.0697. The first kappa shape index (κ1) is 26.0. The Balaban J connectivity index is 1.28. The summed E-state index contributed by atoms with van der Waals surface area (Å²) in [5.41, 5.74) is 5.66. The second-order valence-electron chi connectivity index (χ2n) is 10.3. The number of hydrogen-bond acceptors (Lipinski definition) is 4. The number of halogens is 1. The average Bonchev–Trinajstić information content (AvgIpc) is 3.36. The maximum atomic E-state index is 11.6. The fourth-order valence-electron chi connectivity index (χ4n) is 5.62. The van der Waals surface area contributed by atoms with Crippen molar-refractivity contribution >= 4 is 28.6 Å². The van der Waals surface area contributed by atoms with Crippen LogP contribution in [0.5, 0.6) is 11.5 Å². The van der Waals surface area contributed by atoms with Gasteiger partial charge >= 0.3 is 5.97 Å². The van der Waals surface area contributed by atoms with Gasteiger partial charge < -0.3 is 19.5 Å². The fraction of sp³-hybridized carbons (Fsp3) is 0.212. The van der Waals surface area contributed by atoms with E-state index in [0.29, 0.717) is 22.3 Å². The van der Waals surface area contributed by atoms with Crippen molar-refractivity contribution in [2.75, 3.05) is 0 Å². The number of fused-ring (bicyclic) bond motifs is 1. The van der Waals surface area contributed by atoms with Crippen molar-refractivity contribution in [1.29, 1.82) is 0 Å². The van der Waals surface area contributed by atoms with E-state index >= 15 is 0 Å². The standard InChI is InChI=1S/C33H29ClN2O4/c34-25-11-6-21(7-12-25)29-16-13-27(37)18-24(29)20-40-28-14-8-22(9-15-28)32-35-30-19-23(33(38)39)10-17-31(30)36(32)26-4-2-1-3-5-26/h6-19,26,37H,1-5,20H2,(H,38,39). The lowest BCUT2D eigenvalue weighted by Gasteiger charge is -2.25. The summed E-state index contributed by atoms with van der Waals surface area (Å²) in [4.78, 5) is 16.5. The molecule has 2 N–H and O–H groups in total. The van der Waals surface area contributed by atoms with Crippen molar-refractivity contribution < 1.29 is 19.7 Å². The maximum Gasteiger partial charge on any atom is 0.335 e. The van der Waals surface area contributed by atoms with E-state index in [1.165, 1.54) is 19.3 Å². The zero-order chi connectivity index (χ0) is 27.6. The van der Waals surface area contributed by atoms with Gasteiger partial charge in [-0.1, -0.05) is 49.1 Å². The second kappa shape index (κ2) is 11.1. The van der Waals surface area contributed by atoms with Crippen LogP contribution in [-0.4, -0.2) is 25.7 Å². The van der Waals surface area contributed by atoms with Gasteiger partial charge in [0.15, 0.2) is 0 Å². The van der Waals surface area contributed by atoms with Crippen LogP contribution in [-0.2, 0) is 6.61 Å². The first-order valence-corrected chi connectivity index (χ1v) is 13.9. The SMILES string of the molecule is O=C(O)c1ccc2c(c1)nc(-c1ccc(OCc3cc(O)ccc3-c3ccc(Cl)cc3)cc1)n2C1CCCCC1. The number of hydrogen-bond donors (Lipinski definition) is 2. The summed E-state index contributed by atoms with van der Waals surface area (Å²) in [6, 6.07) is 26.2. The van der Waals surface area contributed by atoms with Gasteiger partial charge in [0.2, 0.25) is 0 Å². The van der Waals surface area contributed by atoms with Gasteiger partial charge in [0.25, 0.3) is 0 Å². The zero-order valence-corrected chi connectivity index (χ0v) is 22.6. The molecular weight excluding hydrogens is 524 g/mol. The van der Waals surface area contributed by atoms with Crippen LogP contribution < -0.4 is 4.74 Å². The Bertz CT molecular complexity index is 1670. The lowest BCUT2D eigenvalue weighted by atomic mass is 9.95. The maximum absolute atomic E-state index is 11.6. The molecule has 0 unspecified atom stereocenters. The van der Waals surface area contributed by atoms with Crippen molar-refractivity contribution in [3.05, 3.63) is 101 Å². The number of carboxylic acids is 1. The fourth-order valence-corrected chi connectivity index (χ4v) is 5.74. The smallest absolute Gasteiger partial charge is 0.335 e. The molecule has 4 aromatic carbocycles. The third kappa shape index (κ3) is 5.27. The molecule has 1 aliphatic carbocycles. The van der Waals surface area contributed by atoms with Gasteiger partial charge in [-0.2, -0.15) is 0 Å². The summed E-state index contributed by atoms with van der Waals surface area (Å²) < 4.78 is 8.43. The number of aromatic hydroxyl groups is 1. The van der Waals surface area contributed by atoms with Crippen LogP contribution in [0.4, 0.5) is 0 Å². The molecule has 1 saturated carbocycles. The highest BCUT2D eigenvalue weighted by Crippen LogP contribution is 2.37. The first-order valence-electron chi connectivity index (χ1n) is 13.5. The summed E-state index contributed by atoms with van der Waals surface area (Å²) >= 11 is 6.06. The van der Waals surface area contributed by atoms with Crippen molar-refractivity contribution in [2.45, 2.75) is 44.8 Å². The Morgan fingerprint density at radius 1 is 0.900 bits per heavy atom. The molecule has 40 heavy (non-hydrogen) atoms. The molecule has 6 rings (SSSR count). The molecular formula is C33H29ClN2O4. The molecule has 5 aromatic rings. The predicted octanol–water partition coefficient (Wildman–Crippen LogP) is 8.51. The second-order valence-corrected chi connectivity index (χ2v) is 10.7. The zero-order valence-electron chi connectivity index (χ0n) is 21.9. The van der Waals surface area contributed by atoms with Gasteiger partial charge in [0.05, 0.1) is 16.6 Å². The Kier molecular flexibility index (Phi) is 7.18. The highest BCUT2D eigenvalue weighted by molar-refractivity contribution is 6.30. The van der Waals surface area contributed by atoms with Crippen LogP contribution in [0, 0.1) is 0 Å². The molecule has 0 amide bonds. The highest BCUT2D eigenvalue weighted by Gasteiger charge is 2.23. The Morgan fingerprint density at radius 3 is 2.35 bits per heavy atom. The van der Waals surface area contributed by atoms with E-state index in [9.17, 15) is 15.0 Å².